The first-order valence-electron chi connectivity index (χ1n) is 7.85. The van der Waals surface area contributed by atoms with Gasteiger partial charge in [0.1, 0.15) is 0 Å². The maximum atomic E-state index is 12.2. The number of hydrogen-bond donors (Lipinski definition) is 1. The van der Waals surface area contributed by atoms with Crippen molar-refractivity contribution in [3.8, 4) is 0 Å². The summed E-state index contributed by atoms with van der Waals surface area (Å²) in [5, 5.41) is 4.96. The Morgan fingerprint density at radius 2 is 2.25 bits per heavy atom. The third-order valence-corrected chi connectivity index (χ3v) is 4.71. The summed E-state index contributed by atoms with van der Waals surface area (Å²) in [6.07, 6.45) is 2.98. The molecular formula is C16H20N4O3S. The predicted octanol–water partition coefficient (Wildman–Crippen LogP) is 2.18. The average molecular weight is 348 g/mol. The Kier molecular flexibility index (Phi) is 5.14. The Morgan fingerprint density at radius 3 is 2.88 bits per heavy atom. The van der Waals surface area contributed by atoms with Crippen molar-refractivity contribution in [1.29, 1.82) is 0 Å². The zero-order chi connectivity index (χ0) is 16.9. The monoisotopic (exact) mass is 348 g/mol. The molecule has 0 atom stereocenters. The molecule has 1 N–H and O–H groups in total. The first-order valence-corrected chi connectivity index (χ1v) is 8.79. The molecule has 128 valence electrons. The minimum atomic E-state index is -0.112. The number of rotatable bonds is 4. The molecule has 24 heavy (non-hydrogen) atoms. The molecule has 0 aliphatic carbocycles. The van der Waals surface area contributed by atoms with Crippen molar-refractivity contribution in [2.45, 2.75) is 25.4 Å². The van der Waals surface area contributed by atoms with Crippen molar-refractivity contribution in [1.82, 2.24) is 20.1 Å². The van der Waals surface area contributed by atoms with E-state index >= 15 is 0 Å². The molecule has 0 aromatic carbocycles. The van der Waals surface area contributed by atoms with Gasteiger partial charge in [-0.3, -0.25) is 4.79 Å². The Hall–Kier alpha value is -2.35. The van der Waals surface area contributed by atoms with Gasteiger partial charge in [-0.2, -0.15) is 0 Å². The van der Waals surface area contributed by atoms with E-state index in [0.29, 0.717) is 25.4 Å². The number of amides is 3. The number of nitrogens with zero attached hydrogens (tertiary/aromatic N) is 3. The lowest BCUT2D eigenvalue weighted by Crippen LogP contribution is -2.49. The fourth-order valence-electron chi connectivity index (χ4n) is 2.70. The summed E-state index contributed by atoms with van der Waals surface area (Å²) in [7, 11) is 1.75. The number of thiazole rings is 1. The summed E-state index contributed by atoms with van der Waals surface area (Å²) in [6.45, 7) is 1.71. The number of furan rings is 1. The zero-order valence-electron chi connectivity index (χ0n) is 13.5. The van der Waals surface area contributed by atoms with Crippen LogP contribution in [0.4, 0.5) is 4.79 Å². The van der Waals surface area contributed by atoms with Crippen molar-refractivity contribution in [3.63, 3.8) is 0 Å². The maximum absolute atomic E-state index is 12.2. The molecule has 8 heteroatoms. The second kappa shape index (κ2) is 7.48. The second-order valence-electron chi connectivity index (χ2n) is 5.83. The summed E-state index contributed by atoms with van der Waals surface area (Å²) >= 11 is 1.52. The van der Waals surface area contributed by atoms with Crippen LogP contribution in [0.5, 0.6) is 0 Å². The Balaban J connectivity index is 1.45. The molecule has 7 nitrogen and oxygen atoms in total. The molecule has 0 spiro atoms. The van der Waals surface area contributed by atoms with Gasteiger partial charge in [0.2, 0.25) is 0 Å². The number of nitrogens with one attached hydrogen (secondary N) is 1. The molecule has 1 fully saturated rings. The average Bonchev–Trinajstić information content (AvgIpc) is 3.28. The van der Waals surface area contributed by atoms with Gasteiger partial charge >= 0.3 is 6.03 Å². The second-order valence-corrected chi connectivity index (χ2v) is 6.55. The lowest BCUT2D eigenvalue weighted by atomic mass is 10.0. The highest BCUT2D eigenvalue weighted by molar-refractivity contribution is 7.07. The first kappa shape index (κ1) is 16.5. The third-order valence-electron chi connectivity index (χ3n) is 4.07. The topological polar surface area (TPSA) is 78.7 Å². The molecule has 0 saturated carbocycles. The van der Waals surface area contributed by atoms with Crippen molar-refractivity contribution in [3.05, 3.63) is 40.7 Å². The number of aromatic nitrogens is 1. The molecular weight excluding hydrogens is 328 g/mol. The van der Waals surface area contributed by atoms with Gasteiger partial charge in [-0.1, -0.05) is 0 Å². The summed E-state index contributed by atoms with van der Waals surface area (Å²) < 4.78 is 5.15. The van der Waals surface area contributed by atoms with Gasteiger partial charge in [0, 0.05) is 31.6 Å². The Bertz CT molecular complexity index is 664. The van der Waals surface area contributed by atoms with Crippen molar-refractivity contribution in [2.75, 3.05) is 20.1 Å². The van der Waals surface area contributed by atoms with Crippen LogP contribution in [0.2, 0.25) is 0 Å². The highest BCUT2D eigenvalue weighted by Gasteiger charge is 2.26. The van der Waals surface area contributed by atoms with E-state index in [1.807, 2.05) is 5.38 Å². The van der Waals surface area contributed by atoms with Crippen LogP contribution in [0, 0.1) is 0 Å². The van der Waals surface area contributed by atoms with Crippen LogP contribution in [0.15, 0.2) is 33.7 Å². The van der Waals surface area contributed by atoms with E-state index in [0.717, 1.165) is 18.5 Å². The van der Waals surface area contributed by atoms with E-state index in [9.17, 15) is 9.59 Å². The Morgan fingerprint density at radius 1 is 1.46 bits per heavy atom. The van der Waals surface area contributed by atoms with Gasteiger partial charge in [-0.15, -0.1) is 11.3 Å². The van der Waals surface area contributed by atoms with Gasteiger partial charge in [0.15, 0.2) is 5.76 Å². The van der Waals surface area contributed by atoms with E-state index in [1.54, 1.807) is 34.5 Å². The number of carbonyl (C=O) groups is 2. The van der Waals surface area contributed by atoms with Crippen molar-refractivity contribution in [2.24, 2.45) is 0 Å². The summed E-state index contributed by atoms with van der Waals surface area (Å²) in [6, 6.07) is 3.34. The highest BCUT2D eigenvalue weighted by Crippen LogP contribution is 2.15. The maximum Gasteiger partial charge on any atom is 0.317 e. The van der Waals surface area contributed by atoms with E-state index < -0.39 is 0 Å². The van der Waals surface area contributed by atoms with E-state index in [-0.39, 0.29) is 18.0 Å². The zero-order valence-corrected chi connectivity index (χ0v) is 14.3. The number of likely N-dealkylation sites (tertiary alicyclic amines) is 1. The van der Waals surface area contributed by atoms with Gasteiger partial charge < -0.3 is 19.5 Å². The normalized spacial score (nSPS) is 15.3. The molecule has 0 bridgehead atoms. The molecule has 0 radical (unpaired) electrons. The number of carbonyl (C=O) groups excluding carboxylic acids is 2. The van der Waals surface area contributed by atoms with E-state index in [1.165, 1.54) is 17.6 Å². The largest absolute Gasteiger partial charge is 0.459 e. The molecule has 3 rings (SSSR count). The molecule has 2 aromatic rings. The quantitative estimate of drug-likeness (QED) is 0.918. The molecule has 3 heterocycles. The van der Waals surface area contributed by atoms with Crippen LogP contribution in [0.1, 0.15) is 29.1 Å². The van der Waals surface area contributed by atoms with Crippen molar-refractivity contribution < 1.29 is 14.0 Å². The minimum absolute atomic E-state index is 0.0797. The van der Waals surface area contributed by atoms with Crippen LogP contribution in [-0.4, -0.2) is 52.9 Å². The van der Waals surface area contributed by atoms with Gasteiger partial charge in [-0.05, 0) is 25.0 Å². The number of urea groups is 1. The number of hydrogen-bond acceptors (Lipinski definition) is 5. The lowest BCUT2D eigenvalue weighted by Gasteiger charge is -2.32. The standard InChI is InChI=1S/C16H20N4O3S/c1-19(9-13-10-24-11-17-13)16(22)18-12-4-6-20(7-5-12)15(21)14-3-2-8-23-14/h2-3,8,10-12H,4-7,9H2,1H3,(H,18,22). The van der Waals surface area contributed by atoms with Crippen LogP contribution in [-0.2, 0) is 6.54 Å². The molecule has 2 aromatic heterocycles. The Labute approximate surface area is 144 Å². The van der Waals surface area contributed by atoms with E-state index in [2.05, 4.69) is 10.3 Å². The summed E-state index contributed by atoms with van der Waals surface area (Å²) in [4.78, 5) is 32.0. The molecule has 1 aliphatic heterocycles. The summed E-state index contributed by atoms with van der Waals surface area (Å²) in [5.74, 6) is 0.269. The highest BCUT2D eigenvalue weighted by atomic mass is 32.1. The van der Waals surface area contributed by atoms with E-state index in [4.69, 9.17) is 4.42 Å². The van der Waals surface area contributed by atoms with Gasteiger partial charge in [0.05, 0.1) is 24.0 Å². The van der Waals surface area contributed by atoms with Gasteiger partial charge in [-0.25, -0.2) is 9.78 Å². The summed E-state index contributed by atoms with van der Waals surface area (Å²) in [5.41, 5.74) is 2.64. The molecule has 3 amide bonds. The fourth-order valence-corrected chi connectivity index (χ4v) is 3.25. The minimum Gasteiger partial charge on any atom is -0.459 e. The van der Waals surface area contributed by atoms with Crippen LogP contribution >= 0.6 is 11.3 Å². The fraction of sp³-hybridized carbons (Fsp3) is 0.438. The molecule has 0 unspecified atom stereocenters. The smallest absolute Gasteiger partial charge is 0.317 e. The van der Waals surface area contributed by atoms with Crippen LogP contribution in [0.3, 0.4) is 0 Å². The van der Waals surface area contributed by atoms with Crippen LogP contribution in [0.25, 0.3) is 0 Å². The number of piperidine rings is 1. The van der Waals surface area contributed by atoms with Crippen LogP contribution < -0.4 is 5.32 Å². The predicted molar refractivity (Wildman–Crippen MR) is 89.7 cm³/mol. The third kappa shape index (κ3) is 3.94. The molecule has 1 saturated heterocycles. The lowest BCUT2D eigenvalue weighted by molar-refractivity contribution is 0.0674. The SMILES string of the molecule is CN(Cc1cscn1)C(=O)NC1CCN(C(=O)c2ccco2)CC1. The van der Waals surface area contributed by atoms with Crippen molar-refractivity contribution >= 4 is 23.3 Å². The van der Waals surface area contributed by atoms with Gasteiger partial charge in [0.25, 0.3) is 5.91 Å². The first-order chi connectivity index (χ1) is 11.6. The molecule has 1 aliphatic rings.